The standard InChI is InChI=1S/C12H21NO2S/c1-9(2)11-6-5-10(3)12(7-11)16(14,15)8-13-4/h9-12H,5-8H2,1-3H3/t10-,11-,12+/m1/s1. The molecule has 0 aliphatic heterocycles. The van der Waals surface area contributed by atoms with E-state index in [1.165, 1.54) is 0 Å². The maximum atomic E-state index is 12.0. The minimum absolute atomic E-state index is 0.210. The van der Waals surface area contributed by atoms with Crippen molar-refractivity contribution >= 4 is 9.84 Å². The highest BCUT2D eigenvalue weighted by Crippen LogP contribution is 2.36. The van der Waals surface area contributed by atoms with Crippen LogP contribution in [-0.4, -0.2) is 19.5 Å². The molecule has 0 aromatic rings. The van der Waals surface area contributed by atoms with E-state index >= 15 is 0 Å². The molecule has 0 unspecified atom stereocenters. The first-order chi connectivity index (χ1) is 7.38. The van der Waals surface area contributed by atoms with Gasteiger partial charge in [-0.15, -0.1) is 0 Å². The molecule has 1 aliphatic carbocycles. The number of rotatable bonds is 3. The van der Waals surface area contributed by atoms with Gasteiger partial charge in [-0.05, 0) is 37.0 Å². The molecular formula is C12H21NO2S. The first-order valence-electron chi connectivity index (χ1n) is 5.93. The van der Waals surface area contributed by atoms with Crippen LogP contribution in [0.15, 0.2) is 0 Å². The van der Waals surface area contributed by atoms with Gasteiger partial charge in [0, 0.05) is 0 Å². The van der Waals surface area contributed by atoms with Crippen LogP contribution in [0.3, 0.4) is 0 Å². The van der Waals surface area contributed by atoms with Gasteiger partial charge >= 0.3 is 5.88 Å². The van der Waals surface area contributed by atoms with E-state index in [4.69, 9.17) is 6.57 Å². The summed E-state index contributed by atoms with van der Waals surface area (Å²) in [6.45, 7) is 13.0. The van der Waals surface area contributed by atoms with Crippen LogP contribution in [0.2, 0.25) is 0 Å². The number of hydrogen-bond acceptors (Lipinski definition) is 2. The zero-order valence-corrected chi connectivity index (χ0v) is 11.1. The van der Waals surface area contributed by atoms with Gasteiger partial charge in [0.2, 0.25) is 9.84 Å². The van der Waals surface area contributed by atoms with E-state index in [1.807, 2.05) is 6.92 Å². The van der Waals surface area contributed by atoms with E-state index < -0.39 is 9.84 Å². The van der Waals surface area contributed by atoms with E-state index in [0.717, 1.165) is 19.3 Å². The monoisotopic (exact) mass is 243 g/mol. The second kappa shape index (κ2) is 5.18. The molecule has 0 N–H and O–H groups in total. The molecule has 0 saturated heterocycles. The molecule has 3 atom stereocenters. The first-order valence-corrected chi connectivity index (χ1v) is 7.64. The van der Waals surface area contributed by atoms with Crippen molar-refractivity contribution in [3.8, 4) is 0 Å². The Morgan fingerprint density at radius 2 is 2.00 bits per heavy atom. The van der Waals surface area contributed by atoms with Gasteiger partial charge in [-0.25, -0.2) is 15.0 Å². The highest BCUT2D eigenvalue weighted by atomic mass is 32.2. The fourth-order valence-electron chi connectivity index (χ4n) is 2.60. The third-order valence-electron chi connectivity index (χ3n) is 3.81. The lowest BCUT2D eigenvalue weighted by atomic mass is 9.77. The summed E-state index contributed by atoms with van der Waals surface area (Å²) in [7, 11) is -3.20. The fourth-order valence-corrected chi connectivity index (χ4v) is 4.36. The molecular weight excluding hydrogens is 222 g/mol. The van der Waals surface area contributed by atoms with Crippen molar-refractivity contribution in [2.45, 2.75) is 45.3 Å². The van der Waals surface area contributed by atoms with Crippen molar-refractivity contribution < 1.29 is 8.42 Å². The Morgan fingerprint density at radius 1 is 1.38 bits per heavy atom. The molecule has 16 heavy (non-hydrogen) atoms. The van der Waals surface area contributed by atoms with E-state index in [1.54, 1.807) is 0 Å². The highest BCUT2D eigenvalue weighted by Gasteiger charge is 2.38. The van der Waals surface area contributed by atoms with E-state index in [0.29, 0.717) is 11.8 Å². The summed E-state index contributed by atoms with van der Waals surface area (Å²) in [5, 5.41) is -0.289. The normalized spacial score (nSPS) is 31.3. The lowest BCUT2D eigenvalue weighted by Gasteiger charge is -2.34. The van der Waals surface area contributed by atoms with Gasteiger partial charge in [0.15, 0.2) is 0 Å². The highest BCUT2D eigenvalue weighted by molar-refractivity contribution is 7.92. The SMILES string of the molecule is [C-]#[N+]CS(=O)(=O)[C@H]1C[C@H](C(C)C)CC[C@H]1C. The maximum Gasteiger partial charge on any atom is 0.312 e. The van der Waals surface area contributed by atoms with Crippen molar-refractivity contribution in [3.63, 3.8) is 0 Å². The van der Waals surface area contributed by atoms with E-state index in [9.17, 15) is 8.42 Å². The summed E-state index contributed by atoms with van der Waals surface area (Å²) in [5.41, 5.74) is 0. The van der Waals surface area contributed by atoms with Gasteiger partial charge in [0.25, 0.3) is 0 Å². The predicted octanol–water partition coefficient (Wildman–Crippen LogP) is 2.74. The summed E-state index contributed by atoms with van der Waals surface area (Å²) in [6.07, 6.45) is 2.85. The van der Waals surface area contributed by atoms with Crippen molar-refractivity contribution in [2.24, 2.45) is 17.8 Å². The average molecular weight is 243 g/mol. The minimum Gasteiger partial charge on any atom is -0.300 e. The van der Waals surface area contributed by atoms with Crippen LogP contribution in [0.25, 0.3) is 4.85 Å². The molecule has 92 valence electrons. The van der Waals surface area contributed by atoms with Gasteiger partial charge in [0.1, 0.15) is 0 Å². The summed E-state index contributed by atoms with van der Waals surface area (Å²) in [5.74, 6) is 0.911. The Labute approximate surface area is 99.0 Å². The maximum absolute atomic E-state index is 12.0. The Hall–Kier alpha value is -0.560. The Balaban J connectivity index is 2.82. The smallest absolute Gasteiger partial charge is 0.300 e. The molecule has 0 spiro atoms. The molecule has 1 fully saturated rings. The predicted molar refractivity (Wildman–Crippen MR) is 65.5 cm³/mol. The van der Waals surface area contributed by atoms with Crippen molar-refractivity contribution in [1.29, 1.82) is 0 Å². The molecule has 1 aliphatic rings. The van der Waals surface area contributed by atoms with Crippen molar-refractivity contribution in [2.75, 3.05) is 5.88 Å². The van der Waals surface area contributed by atoms with Crippen LogP contribution in [0, 0.1) is 24.3 Å². The van der Waals surface area contributed by atoms with E-state index in [-0.39, 0.29) is 17.0 Å². The number of sulfone groups is 1. The van der Waals surface area contributed by atoms with Gasteiger partial charge < -0.3 is 0 Å². The Bertz CT molecular complexity index is 367. The Kier molecular flexibility index (Phi) is 4.37. The molecule has 0 aromatic heterocycles. The molecule has 4 heteroatoms. The zero-order valence-electron chi connectivity index (χ0n) is 10.3. The molecule has 1 rings (SSSR count). The van der Waals surface area contributed by atoms with Gasteiger partial charge in [-0.3, -0.25) is 4.85 Å². The fraction of sp³-hybridized carbons (Fsp3) is 0.917. The average Bonchev–Trinajstić information content (AvgIpc) is 2.17. The lowest BCUT2D eigenvalue weighted by Crippen LogP contribution is -2.37. The van der Waals surface area contributed by atoms with Crippen LogP contribution in [0.5, 0.6) is 0 Å². The summed E-state index contributed by atoms with van der Waals surface area (Å²) in [6, 6.07) is 0. The van der Waals surface area contributed by atoms with Gasteiger partial charge in [-0.2, -0.15) is 0 Å². The van der Waals surface area contributed by atoms with Gasteiger partial charge in [-0.1, -0.05) is 20.8 Å². The lowest BCUT2D eigenvalue weighted by molar-refractivity contribution is 0.236. The third kappa shape index (κ3) is 2.98. The molecule has 0 amide bonds. The molecule has 3 nitrogen and oxygen atoms in total. The zero-order chi connectivity index (χ0) is 12.3. The Morgan fingerprint density at radius 3 is 2.50 bits per heavy atom. The van der Waals surface area contributed by atoms with Crippen LogP contribution in [0.4, 0.5) is 0 Å². The number of nitrogens with zero attached hydrogens (tertiary/aromatic N) is 1. The van der Waals surface area contributed by atoms with Crippen molar-refractivity contribution in [3.05, 3.63) is 11.4 Å². The summed E-state index contributed by atoms with van der Waals surface area (Å²) in [4.78, 5) is 3.05. The minimum atomic E-state index is -3.20. The summed E-state index contributed by atoms with van der Waals surface area (Å²) >= 11 is 0. The van der Waals surface area contributed by atoms with Crippen LogP contribution in [0.1, 0.15) is 40.0 Å². The topological polar surface area (TPSA) is 38.5 Å². The first kappa shape index (κ1) is 13.5. The third-order valence-corrected chi connectivity index (χ3v) is 5.88. The second-order valence-corrected chi connectivity index (χ2v) is 7.47. The van der Waals surface area contributed by atoms with Crippen LogP contribution >= 0.6 is 0 Å². The van der Waals surface area contributed by atoms with E-state index in [2.05, 4.69) is 18.7 Å². The molecule has 0 radical (unpaired) electrons. The summed E-state index contributed by atoms with van der Waals surface area (Å²) < 4.78 is 23.9. The van der Waals surface area contributed by atoms with Crippen LogP contribution in [-0.2, 0) is 9.84 Å². The van der Waals surface area contributed by atoms with Crippen LogP contribution < -0.4 is 0 Å². The largest absolute Gasteiger partial charge is 0.312 e. The second-order valence-electron chi connectivity index (χ2n) is 5.28. The molecule has 1 saturated carbocycles. The molecule has 0 bridgehead atoms. The van der Waals surface area contributed by atoms with Gasteiger partial charge in [0.05, 0.1) is 5.25 Å². The number of hydrogen-bond donors (Lipinski definition) is 0. The molecule has 0 aromatic carbocycles. The van der Waals surface area contributed by atoms with Crippen molar-refractivity contribution in [1.82, 2.24) is 0 Å². The molecule has 0 heterocycles. The quantitative estimate of drug-likeness (QED) is 0.715.